The van der Waals surface area contributed by atoms with Crippen LogP contribution in [-0.4, -0.2) is 0 Å². The Labute approximate surface area is 164 Å². The van der Waals surface area contributed by atoms with Crippen molar-refractivity contribution in [2.24, 2.45) is 0 Å². The summed E-state index contributed by atoms with van der Waals surface area (Å²) in [6.45, 7) is 2.80. The fraction of sp³-hybridized carbons (Fsp3) is 0.250. The van der Waals surface area contributed by atoms with Crippen molar-refractivity contribution < 1.29 is 4.74 Å². The van der Waals surface area contributed by atoms with Gasteiger partial charge in [-0.25, -0.2) is 0 Å². The maximum Gasteiger partial charge on any atom is 0.134 e. The van der Waals surface area contributed by atoms with Crippen molar-refractivity contribution in [2.45, 2.75) is 39.2 Å². The highest BCUT2D eigenvalue weighted by atomic mass is 79.9. The summed E-state index contributed by atoms with van der Waals surface area (Å²) in [6, 6.07) is 21.7. The first-order chi connectivity index (χ1) is 12.7. The van der Waals surface area contributed by atoms with Crippen molar-refractivity contribution in [1.82, 2.24) is 0 Å². The van der Waals surface area contributed by atoms with Gasteiger partial charge in [-0.15, -0.1) is 0 Å². The maximum absolute atomic E-state index is 6.07. The van der Waals surface area contributed by atoms with Gasteiger partial charge in [-0.3, -0.25) is 0 Å². The van der Waals surface area contributed by atoms with Gasteiger partial charge in [-0.2, -0.15) is 0 Å². The van der Waals surface area contributed by atoms with Crippen molar-refractivity contribution in [3.63, 3.8) is 0 Å². The van der Waals surface area contributed by atoms with E-state index in [-0.39, 0.29) is 0 Å². The molecule has 0 fully saturated rings. The van der Waals surface area contributed by atoms with Crippen LogP contribution in [0.3, 0.4) is 0 Å². The van der Waals surface area contributed by atoms with Gasteiger partial charge in [0.1, 0.15) is 12.4 Å². The Kier molecular flexibility index (Phi) is 5.12. The molecule has 0 atom stereocenters. The second-order valence-electron chi connectivity index (χ2n) is 6.96. The predicted octanol–water partition coefficient (Wildman–Crippen LogP) is 6.28. The quantitative estimate of drug-likeness (QED) is 0.467. The third-order valence-corrected chi connectivity index (χ3v) is 5.82. The van der Waals surface area contributed by atoms with E-state index < -0.39 is 0 Å². The smallest absolute Gasteiger partial charge is 0.134 e. The number of rotatable bonds is 6. The predicted molar refractivity (Wildman–Crippen MR) is 111 cm³/mol. The Hall–Kier alpha value is -2.06. The van der Waals surface area contributed by atoms with E-state index in [4.69, 9.17) is 4.74 Å². The van der Waals surface area contributed by atoms with E-state index in [0.29, 0.717) is 6.61 Å². The van der Waals surface area contributed by atoms with Gasteiger partial charge in [0.15, 0.2) is 0 Å². The summed E-state index contributed by atoms with van der Waals surface area (Å²) in [5, 5.41) is 0. The van der Waals surface area contributed by atoms with Gasteiger partial charge in [0.05, 0.1) is 4.47 Å². The van der Waals surface area contributed by atoms with Crippen molar-refractivity contribution in [3.05, 3.63) is 98.5 Å². The maximum atomic E-state index is 6.07. The fourth-order valence-electron chi connectivity index (χ4n) is 3.55. The number of benzene rings is 3. The molecular weight excluding hydrogens is 384 g/mol. The van der Waals surface area contributed by atoms with Crippen LogP contribution >= 0.6 is 15.9 Å². The first-order valence-electron chi connectivity index (χ1n) is 9.31. The lowest BCUT2D eigenvalue weighted by molar-refractivity contribution is 0.304. The Morgan fingerprint density at radius 3 is 2.35 bits per heavy atom. The zero-order valence-electron chi connectivity index (χ0n) is 15.1. The highest BCUT2D eigenvalue weighted by Gasteiger charge is 2.14. The van der Waals surface area contributed by atoms with Crippen LogP contribution in [0.1, 0.15) is 40.3 Å². The van der Waals surface area contributed by atoms with Gasteiger partial charge in [-0.05, 0) is 87.1 Å². The van der Waals surface area contributed by atoms with Crippen LogP contribution < -0.4 is 4.74 Å². The summed E-state index contributed by atoms with van der Waals surface area (Å²) in [5.74, 6) is 0.923. The number of hydrogen-bond acceptors (Lipinski definition) is 1. The number of fused-ring (bicyclic) bond motifs is 1. The standard InChI is InChI=1S/C24H23BrO/c1-2-19-15-24(26-16-17-6-4-3-5-7-17)23(25)14-22(19)13-18-8-9-20-10-11-21(20)12-18/h3-9,12,14-15H,2,10-11,13,16H2,1H3. The van der Waals surface area contributed by atoms with Crippen molar-refractivity contribution >= 4 is 15.9 Å². The molecule has 0 N–H and O–H groups in total. The monoisotopic (exact) mass is 406 g/mol. The normalized spacial score (nSPS) is 12.4. The van der Waals surface area contributed by atoms with E-state index in [0.717, 1.165) is 23.1 Å². The van der Waals surface area contributed by atoms with Crippen molar-refractivity contribution in [3.8, 4) is 5.75 Å². The van der Waals surface area contributed by atoms with E-state index >= 15 is 0 Å². The summed E-state index contributed by atoms with van der Waals surface area (Å²) < 4.78 is 7.10. The van der Waals surface area contributed by atoms with Gasteiger partial charge in [0.25, 0.3) is 0 Å². The molecule has 0 aromatic heterocycles. The lowest BCUT2D eigenvalue weighted by Gasteiger charge is -2.20. The molecule has 4 rings (SSSR count). The highest BCUT2D eigenvalue weighted by molar-refractivity contribution is 9.10. The lowest BCUT2D eigenvalue weighted by atomic mass is 9.86. The largest absolute Gasteiger partial charge is 0.488 e. The topological polar surface area (TPSA) is 9.23 Å². The number of hydrogen-bond donors (Lipinski definition) is 0. The molecule has 0 saturated heterocycles. The van der Waals surface area contributed by atoms with E-state index in [1.54, 1.807) is 0 Å². The molecule has 0 bridgehead atoms. The Bertz CT molecular complexity index is 915. The molecule has 3 aromatic rings. The van der Waals surface area contributed by atoms with Crippen LogP contribution in [0, 0.1) is 0 Å². The van der Waals surface area contributed by atoms with Crippen molar-refractivity contribution in [2.75, 3.05) is 0 Å². The second kappa shape index (κ2) is 7.67. The van der Waals surface area contributed by atoms with Crippen LogP contribution in [0.25, 0.3) is 0 Å². The summed E-state index contributed by atoms with van der Waals surface area (Å²) in [4.78, 5) is 0. The molecular formula is C24H23BrO. The molecule has 2 heteroatoms. The SMILES string of the molecule is CCc1cc(OCc2ccccc2)c(Br)cc1Cc1ccc2c(c1)CC2. The molecule has 1 aliphatic rings. The first-order valence-corrected chi connectivity index (χ1v) is 10.1. The Balaban J connectivity index is 1.54. The van der Waals surface area contributed by atoms with E-state index in [1.807, 2.05) is 18.2 Å². The molecule has 1 aliphatic carbocycles. The summed E-state index contributed by atoms with van der Waals surface area (Å²) in [5.41, 5.74) is 8.38. The highest BCUT2D eigenvalue weighted by Crippen LogP contribution is 2.32. The molecule has 0 amide bonds. The van der Waals surface area contributed by atoms with E-state index in [1.165, 1.54) is 46.2 Å². The average Bonchev–Trinajstić information content (AvgIpc) is 2.64. The number of halogens is 1. The zero-order valence-corrected chi connectivity index (χ0v) is 16.7. The summed E-state index contributed by atoms with van der Waals surface area (Å²) >= 11 is 3.71. The molecule has 0 spiro atoms. The third-order valence-electron chi connectivity index (χ3n) is 5.20. The molecule has 0 heterocycles. The summed E-state index contributed by atoms with van der Waals surface area (Å²) in [6.07, 6.45) is 4.47. The second-order valence-corrected chi connectivity index (χ2v) is 7.81. The van der Waals surface area contributed by atoms with Gasteiger partial charge >= 0.3 is 0 Å². The number of ether oxygens (including phenoxy) is 1. The van der Waals surface area contributed by atoms with Crippen LogP contribution in [-0.2, 0) is 32.3 Å². The van der Waals surface area contributed by atoms with Gasteiger partial charge in [0, 0.05) is 0 Å². The van der Waals surface area contributed by atoms with Crippen LogP contribution in [0.5, 0.6) is 5.75 Å². The minimum absolute atomic E-state index is 0.590. The Morgan fingerprint density at radius 2 is 1.65 bits per heavy atom. The minimum atomic E-state index is 0.590. The van der Waals surface area contributed by atoms with Crippen LogP contribution in [0.15, 0.2) is 65.1 Å². The molecule has 26 heavy (non-hydrogen) atoms. The van der Waals surface area contributed by atoms with Crippen molar-refractivity contribution in [1.29, 1.82) is 0 Å². The molecule has 1 nitrogen and oxygen atoms in total. The summed E-state index contributed by atoms with van der Waals surface area (Å²) in [7, 11) is 0. The fourth-order valence-corrected chi connectivity index (χ4v) is 4.06. The van der Waals surface area contributed by atoms with E-state index in [9.17, 15) is 0 Å². The molecule has 132 valence electrons. The average molecular weight is 407 g/mol. The van der Waals surface area contributed by atoms with E-state index in [2.05, 4.69) is 65.3 Å². The Morgan fingerprint density at radius 1 is 0.846 bits per heavy atom. The molecule has 3 aromatic carbocycles. The van der Waals surface area contributed by atoms with Gasteiger partial charge in [-0.1, -0.05) is 55.5 Å². The molecule has 0 unspecified atom stereocenters. The van der Waals surface area contributed by atoms with Gasteiger partial charge in [0.2, 0.25) is 0 Å². The molecule has 0 aliphatic heterocycles. The first kappa shape index (κ1) is 17.4. The van der Waals surface area contributed by atoms with Crippen LogP contribution in [0.4, 0.5) is 0 Å². The van der Waals surface area contributed by atoms with Gasteiger partial charge < -0.3 is 4.74 Å². The lowest BCUT2D eigenvalue weighted by Crippen LogP contribution is -2.08. The number of aryl methyl sites for hydroxylation is 3. The molecule has 0 radical (unpaired) electrons. The molecule has 0 saturated carbocycles. The van der Waals surface area contributed by atoms with Crippen LogP contribution in [0.2, 0.25) is 0 Å². The minimum Gasteiger partial charge on any atom is -0.488 e. The zero-order chi connectivity index (χ0) is 17.9. The third kappa shape index (κ3) is 3.71.